The Hall–Kier alpha value is -3.15. The molecule has 0 aliphatic carbocycles. The summed E-state index contributed by atoms with van der Waals surface area (Å²) in [5.41, 5.74) is 5.58. The first-order valence-electron chi connectivity index (χ1n) is 13.1. The zero-order chi connectivity index (χ0) is 25.5. The van der Waals surface area contributed by atoms with E-state index in [0.717, 1.165) is 61.7 Å². The Bertz CT molecular complexity index is 1180. The van der Waals surface area contributed by atoms with Crippen molar-refractivity contribution in [2.45, 2.75) is 44.6 Å². The number of ether oxygens (including phenoxy) is 2. The molecule has 2 unspecified atom stereocenters. The Morgan fingerprint density at radius 3 is 2.76 bits per heavy atom. The SMILES string of the molecule is C#CCOCC(O)CN(Cc1c(-c2ccccc2)noc1N1CCc2ccccc2C1)CC1CCCO1. The lowest BCUT2D eigenvalue weighted by Crippen LogP contribution is -2.39. The smallest absolute Gasteiger partial charge is 0.232 e. The van der Waals surface area contributed by atoms with Crippen LogP contribution in [0.15, 0.2) is 59.1 Å². The number of benzene rings is 2. The Kier molecular flexibility index (Phi) is 8.54. The van der Waals surface area contributed by atoms with Gasteiger partial charge in [-0.15, -0.1) is 6.42 Å². The number of nitrogens with zero attached hydrogens (tertiary/aromatic N) is 3. The van der Waals surface area contributed by atoms with Gasteiger partial charge in [-0.3, -0.25) is 4.90 Å². The van der Waals surface area contributed by atoms with E-state index in [1.54, 1.807) is 0 Å². The molecule has 1 aromatic heterocycles. The Balaban J connectivity index is 1.43. The largest absolute Gasteiger partial charge is 0.389 e. The van der Waals surface area contributed by atoms with Crippen molar-refractivity contribution >= 4 is 5.88 Å². The summed E-state index contributed by atoms with van der Waals surface area (Å²) in [4.78, 5) is 4.52. The maximum absolute atomic E-state index is 10.7. The van der Waals surface area contributed by atoms with Gasteiger partial charge in [-0.25, -0.2) is 0 Å². The third-order valence-corrected chi connectivity index (χ3v) is 7.06. The fourth-order valence-electron chi connectivity index (χ4n) is 5.29. The van der Waals surface area contributed by atoms with Crippen LogP contribution in [0.2, 0.25) is 0 Å². The predicted octanol–water partition coefficient (Wildman–Crippen LogP) is 3.90. The van der Waals surface area contributed by atoms with Crippen LogP contribution < -0.4 is 4.90 Å². The normalized spacial score (nSPS) is 18.1. The van der Waals surface area contributed by atoms with Crippen LogP contribution in [0.3, 0.4) is 0 Å². The summed E-state index contributed by atoms with van der Waals surface area (Å²) in [5, 5.41) is 15.3. The van der Waals surface area contributed by atoms with Gasteiger partial charge in [0.05, 0.1) is 24.4 Å². The second-order valence-corrected chi connectivity index (χ2v) is 9.82. The monoisotopic (exact) mass is 501 g/mol. The molecule has 194 valence electrons. The summed E-state index contributed by atoms with van der Waals surface area (Å²) in [7, 11) is 0. The third kappa shape index (κ3) is 6.41. The lowest BCUT2D eigenvalue weighted by Gasteiger charge is -2.31. The summed E-state index contributed by atoms with van der Waals surface area (Å²) in [5.74, 6) is 3.25. The summed E-state index contributed by atoms with van der Waals surface area (Å²) in [6.45, 7) is 4.54. The van der Waals surface area contributed by atoms with E-state index < -0.39 is 6.10 Å². The maximum Gasteiger partial charge on any atom is 0.232 e. The lowest BCUT2D eigenvalue weighted by atomic mass is 9.99. The van der Waals surface area contributed by atoms with E-state index in [-0.39, 0.29) is 19.3 Å². The average Bonchev–Trinajstić information content (AvgIpc) is 3.59. The Morgan fingerprint density at radius 2 is 1.97 bits per heavy atom. The van der Waals surface area contributed by atoms with Crippen molar-refractivity contribution in [3.8, 4) is 23.6 Å². The first-order chi connectivity index (χ1) is 18.2. The molecule has 0 bridgehead atoms. The van der Waals surface area contributed by atoms with E-state index in [1.165, 1.54) is 11.1 Å². The minimum atomic E-state index is -0.667. The van der Waals surface area contributed by atoms with Gasteiger partial charge < -0.3 is 24.0 Å². The Morgan fingerprint density at radius 1 is 1.16 bits per heavy atom. The van der Waals surface area contributed by atoms with Crippen LogP contribution in [0.5, 0.6) is 0 Å². The van der Waals surface area contributed by atoms with Crippen molar-refractivity contribution in [1.82, 2.24) is 10.1 Å². The highest BCUT2D eigenvalue weighted by Crippen LogP contribution is 2.35. The van der Waals surface area contributed by atoms with E-state index in [0.29, 0.717) is 19.6 Å². The van der Waals surface area contributed by atoms with Crippen molar-refractivity contribution in [2.24, 2.45) is 0 Å². The third-order valence-electron chi connectivity index (χ3n) is 7.06. The van der Waals surface area contributed by atoms with Crippen LogP contribution in [0.4, 0.5) is 5.88 Å². The zero-order valence-corrected chi connectivity index (χ0v) is 21.2. The molecular weight excluding hydrogens is 466 g/mol. The van der Waals surface area contributed by atoms with Crippen molar-refractivity contribution in [3.63, 3.8) is 0 Å². The van der Waals surface area contributed by atoms with Crippen LogP contribution in [0.25, 0.3) is 11.3 Å². The van der Waals surface area contributed by atoms with E-state index in [9.17, 15) is 5.11 Å². The van der Waals surface area contributed by atoms with Gasteiger partial charge >= 0.3 is 0 Å². The fourth-order valence-corrected chi connectivity index (χ4v) is 5.29. The first kappa shape index (κ1) is 25.5. The van der Waals surface area contributed by atoms with Gasteiger partial charge in [0.1, 0.15) is 12.3 Å². The minimum Gasteiger partial charge on any atom is -0.389 e. The van der Waals surface area contributed by atoms with Gasteiger partial charge in [-0.05, 0) is 30.4 Å². The highest BCUT2D eigenvalue weighted by atomic mass is 16.5. The minimum absolute atomic E-state index is 0.143. The van der Waals surface area contributed by atoms with Crippen LogP contribution in [-0.2, 0) is 29.0 Å². The molecule has 2 aliphatic rings. The summed E-state index contributed by atoms with van der Waals surface area (Å²) in [6.07, 6.45) is 7.82. The van der Waals surface area contributed by atoms with E-state index in [2.05, 4.69) is 57.3 Å². The van der Waals surface area contributed by atoms with Crippen LogP contribution in [0, 0.1) is 12.3 Å². The zero-order valence-electron chi connectivity index (χ0n) is 21.2. The van der Waals surface area contributed by atoms with E-state index in [4.69, 9.17) is 20.4 Å². The lowest BCUT2D eigenvalue weighted by molar-refractivity contribution is 0.00958. The van der Waals surface area contributed by atoms with Crippen molar-refractivity contribution in [3.05, 3.63) is 71.3 Å². The molecule has 1 saturated heterocycles. The van der Waals surface area contributed by atoms with Crippen molar-refractivity contribution < 1.29 is 19.1 Å². The summed E-state index contributed by atoms with van der Waals surface area (Å²) in [6, 6.07) is 18.7. The van der Waals surface area contributed by atoms with Crippen LogP contribution in [0.1, 0.15) is 29.5 Å². The molecule has 3 heterocycles. The number of anilines is 1. The standard InChI is InChI=1S/C30H35N3O4/c1-2-16-35-22-26(34)19-32(20-27-13-8-17-36-27)21-28-29(24-10-4-3-5-11-24)31-37-30(28)33-15-14-23-9-6-7-12-25(23)18-33/h1,3-7,9-12,26-27,34H,8,13-22H2. The fraction of sp³-hybridized carbons (Fsp3) is 0.433. The number of rotatable bonds is 11. The number of hydrogen-bond acceptors (Lipinski definition) is 7. The molecule has 7 heteroatoms. The van der Waals surface area contributed by atoms with Gasteiger partial charge in [0, 0.05) is 44.9 Å². The van der Waals surface area contributed by atoms with Crippen molar-refractivity contribution in [1.29, 1.82) is 0 Å². The van der Waals surface area contributed by atoms with E-state index in [1.807, 2.05) is 18.2 Å². The number of hydrogen-bond donors (Lipinski definition) is 1. The number of fused-ring (bicyclic) bond motifs is 1. The number of aliphatic hydroxyl groups is 1. The molecule has 0 spiro atoms. The molecule has 1 N–H and O–H groups in total. The Labute approximate surface area is 219 Å². The second kappa shape index (κ2) is 12.4. The topological polar surface area (TPSA) is 71.2 Å². The summed E-state index contributed by atoms with van der Waals surface area (Å²) < 4.78 is 17.4. The molecule has 2 aromatic carbocycles. The molecule has 0 saturated carbocycles. The molecule has 5 rings (SSSR count). The molecule has 3 aromatic rings. The molecule has 7 nitrogen and oxygen atoms in total. The molecule has 1 fully saturated rings. The molecule has 0 radical (unpaired) electrons. The van der Waals surface area contributed by atoms with Crippen molar-refractivity contribution in [2.75, 3.05) is 44.4 Å². The molecular formula is C30H35N3O4. The second-order valence-electron chi connectivity index (χ2n) is 9.82. The van der Waals surface area contributed by atoms with Crippen LogP contribution in [-0.4, -0.2) is 66.8 Å². The summed E-state index contributed by atoms with van der Waals surface area (Å²) >= 11 is 0. The van der Waals surface area contributed by atoms with Gasteiger partial charge in [-0.2, -0.15) is 0 Å². The number of aliphatic hydroxyl groups excluding tert-OH is 1. The molecule has 2 atom stereocenters. The van der Waals surface area contributed by atoms with Gasteiger partial charge in [0.15, 0.2) is 0 Å². The highest BCUT2D eigenvalue weighted by molar-refractivity contribution is 5.68. The maximum atomic E-state index is 10.7. The number of terminal acetylenes is 1. The number of aromatic nitrogens is 1. The van der Waals surface area contributed by atoms with Gasteiger partial charge in [0.2, 0.25) is 5.88 Å². The average molecular weight is 502 g/mol. The highest BCUT2D eigenvalue weighted by Gasteiger charge is 2.29. The van der Waals surface area contributed by atoms with Gasteiger partial charge in [-0.1, -0.05) is 65.7 Å². The molecule has 37 heavy (non-hydrogen) atoms. The quantitative estimate of drug-likeness (QED) is 0.316. The van der Waals surface area contributed by atoms with Crippen LogP contribution >= 0.6 is 0 Å². The molecule has 2 aliphatic heterocycles. The molecule has 0 amide bonds. The van der Waals surface area contributed by atoms with E-state index >= 15 is 0 Å². The predicted molar refractivity (Wildman–Crippen MR) is 143 cm³/mol. The first-order valence-corrected chi connectivity index (χ1v) is 13.1. The van der Waals surface area contributed by atoms with Gasteiger partial charge in [0.25, 0.3) is 0 Å².